The quantitative estimate of drug-likeness (QED) is 0.517. The number of ether oxygens (including phenoxy) is 1. The van der Waals surface area contributed by atoms with Gasteiger partial charge in [-0.05, 0) is 42.0 Å². The highest BCUT2D eigenvalue weighted by atomic mass is 32.1. The van der Waals surface area contributed by atoms with Gasteiger partial charge in [-0.3, -0.25) is 4.79 Å². The maximum atomic E-state index is 13.0. The van der Waals surface area contributed by atoms with Crippen LogP contribution in [0.15, 0.2) is 71.8 Å². The predicted octanol–water partition coefficient (Wildman–Crippen LogP) is 4.73. The summed E-state index contributed by atoms with van der Waals surface area (Å²) in [6.07, 6.45) is 3.58. The van der Waals surface area contributed by atoms with E-state index in [4.69, 9.17) is 10.5 Å². The number of carbonyl (C=O) groups is 1. The van der Waals surface area contributed by atoms with Gasteiger partial charge in [0.05, 0.1) is 5.69 Å². The standard InChI is InChI=1S/C22H20N2O2S/c23-17-10-11-19-20(14-17)26-21(15-18-9-5-13-27-18)22(25)24(19)12-4-8-16-6-2-1-3-7-16/h1-3,5-7,9-11,13-15H,4,8,12,23H2/b21-15+. The van der Waals surface area contributed by atoms with Crippen molar-refractivity contribution in [3.8, 4) is 5.75 Å². The topological polar surface area (TPSA) is 55.6 Å². The molecule has 0 fully saturated rings. The second-order valence-corrected chi connectivity index (χ2v) is 7.38. The first-order chi connectivity index (χ1) is 13.2. The van der Waals surface area contributed by atoms with Crippen molar-refractivity contribution in [3.63, 3.8) is 0 Å². The van der Waals surface area contributed by atoms with Gasteiger partial charge in [-0.1, -0.05) is 36.4 Å². The molecule has 2 N–H and O–H groups in total. The molecule has 0 unspecified atom stereocenters. The van der Waals surface area contributed by atoms with Crippen molar-refractivity contribution < 1.29 is 9.53 Å². The van der Waals surface area contributed by atoms with E-state index in [1.165, 1.54) is 5.56 Å². The Labute approximate surface area is 162 Å². The molecule has 1 amide bonds. The number of nitrogen functional groups attached to an aromatic ring is 1. The summed E-state index contributed by atoms with van der Waals surface area (Å²) in [5, 5.41) is 1.98. The number of anilines is 2. The van der Waals surface area contributed by atoms with E-state index in [9.17, 15) is 4.79 Å². The summed E-state index contributed by atoms with van der Waals surface area (Å²) in [6, 6.07) is 19.6. The summed E-state index contributed by atoms with van der Waals surface area (Å²) in [4.78, 5) is 15.8. The third kappa shape index (κ3) is 3.88. The van der Waals surface area contributed by atoms with Gasteiger partial charge in [-0.25, -0.2) is 0 Å². The molecule has 0 aliphatic carbocycles. The maximum absolute atomic E-state index is 13.0. The van der Waals surface area contributed by atoms with Gasteiger partial charge in [0, 0.05) is 29.3 Å². The van der Waals surface area contributed by atoms with E-state index in [1.54, 1.807) is 34.4 Å². The van der Waals surface area contributed by atoms with Crippen LogP contribution in [-0.2, 0) is 11.2 Å². The molecular formula is C22H20N2O2S. The molecule has 2 aromatic carbocycles. The van der Waals surface area contributed by atoms with Crippen LogP contribution in [0.25, 0.3) is 6.08 Å². The van der Waals surface area contributed by atoms with Crippen molar-refractivity contribution in [2.75, 3.05) is 17.2 Å². The maximum Gasteiger partial charge on any atom is 0.294 e. The smallest absolute Gasteiger partial charge is 0.294 e. The molecule has 0 spiro atoms. The second kappa shape index (κ2) is 7.68. The van der Waals surface area contributed by atoms with E-state index in [2.05, 4.69) is 12.1 Å². The highest BCUT2D eigenvalue weighted by Gasteiger charge is 2.30. The van der Waals surface area contributed by atoms with Gasteiger partial charge in [0.1, 0.15) is 0 Å². The van der Waals surface area contributed by atoms with E-state index in [0.29, 0.717) is 23.7 Å². The fourth-order valence-electron chi connectivity index (χ4n) is 3.14. The van der Waals surface area contributed by atoms with Crippen LogP contribution < -0.4 is 15.4 Å². The fraction of sp³-hybridized carbons (Fsp3) is 0.136. The molecule has 1 aliphatic rings. The monoisotopic (exact) mass is 376 g/mol. The molecule has 2 heterocycles. The Balaban J connectivity index is 1.59. The molecule has 4 rings (SSSR count). The Bertz CT molecular complexity index is 965. The number of rotatable bonds is 5. The Hall–Kier alpha value is -3.05. The van der Waals surface area contributed by atoms with E-state index in [-0.39, 0.29) is 5.91 Å². The SMILES string of the molecule is Nc1ccc2c(c1)O/C(=C/c1cccs1)C(=O)N2CCCc1ccccc1. The fourth-order valence-corrected chi connectivity index (χ4v) is 3.79. The zero-order chi connectivity index (χ0) is 18.6. The molecule has 27 heavy (non-hydrogen) atoms. The van der Waals surface area contributed by atoms with E-state index >= 15 is 0 Å². The van der Waals surface area contributed by atoms with Crippen LogP contribution in [-0.4, -0.2) is 12.5 Å². The first kappa shape index (κ1) is 17.4. The van der Waals surface area contributed by atoms with Crippen molar-refractivity contribution in [1.82, 2.24) is 0 Å². The van der Waals surface area contributed by atoms with E-state index < -0.39 is 0 Å². The number of carbonyl (C=O) groups excluding carboxylic acids is 1. The summed E-state index contributed by atoms with van der Waals surface area (Å²) in [7, 11) is 0. The number of hydrogen-bond donors (Lipinski definition) is 1. The van der Waals surface area contributed by atoms with Crippen LogP contribution in [0.5, 0.6) is 5.75 Å². The molecule has 0 atom stereocenters. The first-order valence-electron chi connectivity index (χ1n) is 8.89. The van der Waals surface area contributed by atoms with Crippen molar-refractivity contribution in [2.24, 2.45) is 0 Å². The number of hydrogen-bond acceptors (Lipinski definition) is 4. The Morgan fingerprint density at radius 1 is 1.07 bits per heavy atom. The number of thiophene rings is 1. The first-order valence-corrected chi connectivity index (χ1v) is 9.77. The van der Waals surface area contributed by atoms with E-state index in [1.807, 2.05) is 41.8 Å². The molecule has 5 heteroatoms. The number of benzene rings is 2. The predicted molar refractivity (Wildman–Crippen MR) is 111 cm³/mol. The van der Waals surface area contributed by atoms with Crippen LogP contribution in [0.4, 0.5) is 11.4 Å². The molecule has 4 nitrogen and oxygen atoms in total. The summed E-state index contributed by atoms with van der Waals surface area (Å²) >= 11 is 1.57. The zero-order valence-electron chi connectivity index (χ0n) is 14.8. The average molecular weight is 376 g/mol. The molecule has 1 aromatic heterocycles. The van der Waals surface area contributed by atoms with Crippen molar-refractivity contribution in [2.45, 2.75) is 12.8 Å². The Morgan fingerprint density at radius 3 is 2.70 bits per heavy atom. The average Bonchev–Trinajstić information content (AvgIpc) is 3.18. The van der Waals surface area contributed by atoms with E-state index in [0.717, 1.165) is 23.4 Å². The minimum atomic E-state index is -0.117. The minimum absolute atomic E-state index is 0.117. The zero-order valence-corrected chi connectivity index (χ0v) is 15.6. The highest BCUT2D eigenvalue weighted by molar-refractivity contribution is 7.10. The molecule has 0 bridgehead atoms. The van der Waals surface area contributed by atoms with Crippen LogP contribution in [0.1, 0.15) is 16.9 Å². The van der Waals surface area contributed by atoms with Gasteiger partial charge >= 0.3 is 0 Å². The highest BCUT2D eigenvalue weighted by Crippen LogP contribution is 2.37. The number of nitrogens with two attached hydrogens (primary N) is 1. The third-order valence-corrected chi connectivity index (χ3v) is 5.28. The molecule has 1 aliphatic heterocycles. The minimum Gasteiger partial charge on any atom is -0.449 e. The van der Waals surface area contributed by atoms with Crippen molar-refractivity contribution in [1.29, 1.82) is 0 Å². The number of aryl methyl sites for hydroxylation is 1. The molecule has 0 saturated carbocycles. The molecule has 0 radical (unpaired) electrons. The number of nitrogens with zero attached hydrogens (tertiary/aromatic N) is 1. The third-order valence-electron chi connectivity index (χ3n) is 4.46. The van der Waals surface area contributed by atoms with Crippen LogP contribution in [0.2, 0.25) is 0 Å². The van der Waals surface area contributed by atoms with Crippen molar-refractivity contribution >= 4 is 34.7 Å². The van der Waals surface area contributed by atoms with Gasteiger partial charge in [-0.2, -0.15) is 0 Å². The molecule has 3 aromatic rings. The van der Waals surface area contributed by atoms with Gasteiger partial charge in [0.2, 0.25) is 0 Å². The summed E-state index contributed by atoms with van der Waals surface area (Å²) in [5.74, 6) is 0.834. The lowest BCUT2D eigenvalue weighted by Crippen LogP contribution is -2.38. The second-order valence-electron chi connectivity index (χ2n) is 6.40. The van der Waals surface area contributed by atoms with Gasteiger partial charge in [-0.15, -0.1) is 11.3 Å². The van der Waals surface area contributed by atoms with Crippen molar-refractivity contribution in [3.05, 3.63) is 82.2 Å². The lowest BCUT2D eigenvalue weighted by atomic mass is 10.1. The summed E-state index contributed by atoms with van der Waals surface area (Å²) < 4.78 is 5.89. The lowest BCUT2D eigenvalue weighted by Gasteiger charge is -2.30. The van der Waals surface area contributed by atoms with Crippen LogP contribution in [0, 0.1) is 0 Å². The molecular weight excluding hydrogens is 356 g/mol. The number of fused-ring (bicyclic) bond motifs is 1. The van der Waals surface area contributed by atoms with Gasteiger partial charge < -0.3 is 15.4 Å². The lowest BCUT2D eigenvalue weighted by molar-refractivity contribution is -0.117. The van der Waals surface area contributed by atoms with Gasteiger partial charge in [0.25, 0.3) is 5.91 Å². The largest absolute Gasteiger partial charge is 0.449 e. The normalized spacial score (nSPS) is 14.9. The van der Waals surface area contributed by atoms with Gasteiger partial charge in [0.15, 0.2) is 11.5 Å². The summed E-state index contributed by atoms with van der Waals surface area (Å²) in [5.41, 5.74) is 8.57. The molecule has 0 saturated heterocycles. The number of amides is 1. The summed E-state index contributed by atoms with van der Waals surface area (Å²) in [6.45, 7) is 0.621. The Kier molecular flexibility index (Phi) is 4.94. The molecule has 136 valence electrons. The van der Waals surface area contributed by atoms with Crippen LogP contribution in [0.3, 0.4) is 0 Å². The van der Waals surface area contributed by atoms with Crippen LogP contribution >= 0.6 is 11.3 Å². The Morgan fingerprint density at radius 2 is 1.93 bits per heavy atom.